The summed E-state index contributed by atoms with van der Waals surface area (Å²) in [6, 6.07) is 0.642. The molecule has 2 aliphatic rings. The second-order valence-corrected chi connectivity index (χ2v) is 7.93. The summed E-state index contributed by atoms with van der Waals surface area (Å²) in [6.45, 7) is 0.502. The third-order valence-corrected chi connectivity index (χ3v) is 5.98. The van der Waals surface area contributed by atoms with Crippen LogP contribution in [0.25, 0.3) is 0 Å². The maximum atomic E-state index is 13.1. The number of carbonyl (C=O) groups is 1. The average molecular weight is 444 g/mol. The molecule has 31 heavy (non-hydrogen) atoms. The summed E-state index contributed by atoms with van der Waals surface area (Å²) >= 11 is 0. The molecule has 3 rings (SSSR count). The molecule has 1 saturated carbocycles. The Morgan fingerprint density at radius 1 is 1.00 bits per heavy atom. The van der Waals surface area contributed by atoms with Crippen LogP contribution in [-0.4, -0.2) is 46.8 Å². The van der Waals surface area contributed by atoms with E-state index in [0.29, 0.717) is 24.5 Å². The van der Waals surface area contributed by atoms with E-state index in [9.17, 15) is 38.2 Å². The fraction of sp³-hybridized carbons (Fsp3) is 0.632. The number of piperazine rings is 1. The number of benzene rings is 1. The van der Waals surface area contributed by atoms with E-state index >= 15 is 0 Å². The van der Waals surface area contributed by atoms with Crippen molar-refractivity contribution in [2.24, 2.45) is 5.92 Å². The van der Waals surface area contributed by atoms with Crippen molar-refractivity contribution >= 4 is 23.0 Å². The first kappa shape index (κ1) is 22.8. The summed E-state index contributed by atoms with van der Waals surface area (Å²) < 4.78 is 39.2. The van der Waals surface area contributed by atoms with Gasteiger partial charge in [-0.2, -0.15) is 13.2 Å². The smallest absolute Gasteiger partial charge is 0.357 e. The third-order valence-electron chi connectivity index (χ3n) is 5.98. The highest BCUT2D eigenvalue weighted by molar-refractivity contribution is 5.78. The summed E-state index contributed by atoms with van der Waals surface area (Å²) in [5, 5.41) is 22.9. The van der Waals surface area contributed by atoms with Crippen molar-refractivity contribution in [1.29, 1.82) is 0 Å². The molecule has 1 saturated heterocycles. The molecule has 12 heteroatoms. The van der Waals surface area contributed by atoms with Crippen molar-refractivity contribution in [1.82, 2.24) is 4.90 Å². The highest BCUT2D eigenvalue weighted by atomic mass is 19.4. The highest BCUT2D eigenvalue weighted by Gasteiger charge is 2.40. The molecule has 1 aromatic rings. The number of halogens is 3. The number of hydrogen-bond donors (Lipinski definition) is 0. The average Bonchev–Trinajstić information content (AvgIpc) is 3.24. The van der Waals surface area contributed by atoms with Crippen molar-refractivity contribution < 1.29 is 27.8 Å². The molecule has 0 atom stereocenters. The minimum Gasteiger partial charge on any atom is -0.357 e. The number of nitrogens with zero attached hydrogens (tertiary/aromatic N) is 4. The molecule has 0 spiro atoms. The van der Waals surface area contributed by atoms with Gasteiger partial charge in [0, 0.05) is 44.7 Å². The van der Waals surface area contributed by atoms with Crippen molar-refractivity contribution in [2.75, 3.05) is 31.1 Å². The highest BCUT2D eigenvalue weighted by Crippen LogP contribution is 2.43. The Kier molecular flexibility index (Phi) is 6.65. The fourth-order valence-electron chi connectivity index (χ4n) is 4.33. The Bertz CT molecular complexity index is 828. The van der Waals surface area contributed by atoms with Crippen molar-refractivity contribution in [3.05, 3.63) is 37.9 Å². The number of carbonyl (C=O) groups excluding carboxylic acids is 1. The molecule has 1 aliphatic carbocycles. The van der Waals surface area contributed by atoms with E-state index in [1.54, 1.807) is 4.90 Å². The summed E-state index contributed by atoms with van der Waals surface area (Å²) in [5.41, 5.74) is -3.85. The van der Waals surface area contributed by atoms with E-state index < -0.39 is 38.6 Å². The summed E-state index contributed by atoms with van der Waals surface area (Å²) in [6.07, 6.45) is 0.883. The molecule has 1 aliphatic heterocycles. The van der Waals surface area contributed by atoms with Crippen LogP contribution in [-0.2, 0) is 11.0 Å². The third kappa shape index (κ3) is 5.23. The van der Waals surface area contributed by atoms with Crippen LogP contribution in [0.3, 0.4) is 0 Å². The molecule has 2 fully saturated rings. The Hall–Kier alpha value is -2.92. The minimum absolute atomic E-state index is 0.0389. The maximum Gasteiger partial charge on any atom is 0.416 e. The van der Waals surface area contributed by atoms with Gasteiger partial charge in [-0.3, -0.25) is 25.0 Å². The molecule has 1 amide bonds. The largest absolute Gasteiger partial charge is 0.416 e. The SMILES string of the molecule is O=C(CCC1CCCC1)N1CCN(c2c([N+](=O)[O-])cc(C(F)(F)F)cc2[N+](=O)[O-])CC1. The van der Waals surface area contributed by atoms with E-state index in [0.717, 1.165) is 19.3 Å². The predicted octanol–water partition coefficient (Wildman–Crippen LogP) is 4.14. The Morgan fingerprint density at radius 3 is 1.97 bits per heavy atom. The van der Waals surface area contributed by atoms with Crippen LogP contribution in [0.4, 0.5) is 30.2 Å². The first-order chi connectivity index (χ1) is 14.6. The number of nitro benzene ring substituents is 2. The van der Waals surface area contributed by atoms with Crippen LogP contribution in [0.2, 0.25) is 0 Å². The van der Waals surface area contributed by atoms with Crippen LogP contribution in [0, 0.1) is 26.1 Å². The number of anilines is 1. The Morgan fingerprint density at radius 2 is 1.52 bits per heavy atom. The van der Waals surface area contributed by atoms with Gasteiger partial charge in [-0.1, -0.05) is 25.7 Å². The van der Waals surface area contributed by atoms with Gasteiger partial charge < -0.3 is 9.80 Å². The molecule has 1 aromatic carbocycles. The lowest BCUT2D eigenvalue weighted by Crippen LogP contribution is -2.49. The molecule has 170 valence electrons. The number of alkyl halides is 3. The van der Waals surface area contributed by atoms with Crippen LogP contribution in [0.15, 0.2) is 12.1 Å². The van der Waals surface area contributed by atoms with Crippen molar-refractivity contribution in [3.63, 3.8) is 0 Å². The van der Waals surface area contributed by atoms with Crippen molar-refractivity contribution in [3.8, 4) is 0 Å². The van der Waals surface area contributed by atoms with Gasteiger partial charge in [0.25, 0.3) is 11.4 Å². The van der Waals surface area contributed by atoms with Crippen molar-refractivity contribution in [2.45, 2.75) is 44.7 Å². The summed E-state index contributed by atoms with van der Waals surface area (Å²) in [4.78, 5) is 36.2. The monoisotopic (exact) mass is 444 g/mol. The van der Waals surface area contributed by atoms with Gasteiger partial charge in [0.15, 0.2) is 5.69 Å². The van der Waals surface area contributed by atoms with E-state index in [4.69, 9.17) is 0 Å². The van der Waals surface area contributed by atoms with Gasteiger partial charge in [-0.15, -0.1) is 0 Å². The fourth-order valence-corrected chi connectivity index (χ4v) is 4.33. The van der Waals surface area contributed by atoms with E-state index in [1.807, 2.05) is 0 Å². The zero-order valence-electron chi connectivity index (χ0n) is 16.8. The number of amides is 1. The molecule has 9 nitrogen and oxygen atoms in total. The maximum absolute atomic E-state index is 13.1. The lowest BCUT2D eigenvalue weighted by Gasteiger charge is -2.35. The predicted molar refractivity (Wildman–Crippen MR) is 105 cm³/mol. The van der Waals surface area contributed by atoms with Crippen LogP contribution in [0.5, 0.6) is 0 Å². The quantitative estimate of drug-likeness (QED) is 0.482. The second kappa shape index (κ2) is 9.06. The van der Waals surface area contributed by atoms with Gasteiger partial charge in [-0.25, -0.2) is 0 Å². The normalized spacial score (nSPS) is 17.8. The molecule has 0 bridgehead atoms. The molecule has 1 heterocycles. The molecule has 0 aromatic heterocycles. The zero-order chi connectivity index (χ0) is 22.8. The van der Waals surface area contributed by atoms with Gasteiger partial charge in [0.1, 0.15) is 0 Å². The Balaban J connectivity index is 1.76. The first-order valence-electron chi connectivity index (χ1n) is 10.1. The van der Waals surface area contributed by atoms with Crippen LogP contribution >= 0.6 is 0 Å². The number of rotatable bonds is 6. The second-order valence-electron chi connectivity index (χ2n) is 7.93. The lowest BCUT2D eigenvalue weighted by atomic mass is 10.0. The van der Waals surface area contributed by atoms with Gasteiger partial charge in [0.05, 0.1) is 15.4 Å². The summed E-state index contributed by atoms with van der Waals surface area (Å²) in [7, 11) is 0. The summed E-state index contributed by atoms with van der Waals surface area (Å²) in [5.74, 6) is 0.519. The molecule has 0 radical (unpaired) electrons. The number of nitro groups is 2. The molecular formula is C19H23F3N4O5. The zero-order valence-corrected chi connectivity index (χ0v) is 16.8. The molecule has 0 unspecified atom stereocenters. The molecular weight excluding hydrogens is 421 g/mol. The van der Waals surface area contributed by atoms with Gasteiger partial charge in [-0.05, 0) is 12.3 Å². The van der Waals surface area contributed by atoms with Gasteiger partial charge in [0.2, 0.25) is 5.91 Å². The van der Waals surface area contributed by atoms with Crippen LogP contribution in [0.1, 0.15) is 44.1 Å². The topological polar surface area (TPSA) is 110 Å². The van der Waals surface area contributed by atoms with Crippen LogP contribution < -0.4 is 4.90 Å². The Labute approximate surface area is 176 Å². The standard InChI is InChI=1S/C19H23F3N4O5/c20-19(21,22)14-11-15(25(28)29)18(16(12-14)26(30)31)24-9-7-23(8-10-24)17(27)6-5-13-3-1-2-4-13/h11-13H,1-10H2. The minimum atomic E-state index is -4.96. The number of hydrogen-bond acceptors (Lipinski definition) is 6. The lowest BCUT2D eigenvalue weighted by molar-refractivity contribution is -0.393. The van der Waals surface area contributed by atoms with E-state index in [-0.39, 0.29) is 32.1 Å². The van der Waals surface area contributed by atoms with E-state index in [2.05, 4.69) is 0 Å². The van der Waals surface area contributed by atoms with Gasteiger partial charge >= 0.3 is 6.18 Å². The first-order valence-corrected chi connectivity index (χ1v) is 10.1. The molecule has 0 N–H and O–H groups in total. The van der Waals surface area contributed by atoms with E-state index in [1.165, 1.54) is 17.7 Å².